The summed E-state index contributed by atoms with van der Waals surface area (Å²) in [7, 11) is 0. The molecule has 3 rings (SSSR count). The fourth-order valence-corrected chi connectivity index (χ4v) is 3.03. The zero-order chi connectivity index (χ0) is 13.2. The van der Waals surface area contributed by atoms with E-state index in [9.17, 15) is 4.79 Å². The summed E-state index contributed by atoms with van der Waals surface area (Å²) in [4.78, 5) is 14.6. The normalized spacial score (nSPS) is 11.0. The summed E-state index contributed by atoms with van der Waals surface area (Å²) in [6, 6.07) is 13.6. The number of rotatable bonds is 4. The molecule has 3 aromatic rings. The lowest BCUT2D eigenvalue weighted by Gasteiger charge is -1.94. The maximum Gasteiger partial charge on any atom is 0.203 e. The van der Waals surface area contributed by atoms with Crippen molar-refractivity contribution in [2.24, 2.45) is 0 Å². The predicted molar refractivity (Wildman–Crippen MR) is 77.9 cm³/mol. The third-order valence-corrected chi connectivity index (χ3v) is 4.33. The van der Waals surface area contributed by atoms with Gasteiger partial charge in [0.2, 0.25) is 5.78 Å². The Morgan fingerprint density at radius 3 is 2.68 bits per heavy atom. The van der Waals surface area contributed by atoms with Gasteiger partial charge in [-0.2, -0.15) is 0 Å². The zero-order valence-corrected chi connectivity index (χ0v) is 11.5. The van der Waals surface area contributed by atoms with Gasteiger partial charge in [0.25, 0.3) is 0 Å². The van der Waals surface area contributed by atoms with E-state index in [-0.39, 0.29) is 5.78 Å². The maximum absolute atomic E-state index is 12.2. The molecule has 96 valence electrons. The zero-order valence-electron chi connectivity index (χ0n) is 10.7. The number of carbonyl (C=O) groups is 1. The molecule has 0 bridgehead atoms. The highest BCUT2D eigenvalue weighted by molar-refractivity contribution is 7.12. The first-order chi connectivity index (χ1) is 9.26. The van der Waals surface area contributed by atoms with Gasteiger partial charge in [-0.1, -0.05) is 25.1 Å². The number of hydrogen-bond donors (Lipinski definition) is 0. The Bertz CT molecular complexity index is 688. The number of benzene rings is 1. The van der Waals surface area contributed by atoms with E-state index in [1.807, 2.05) is 36.4 Å². The first-order valence-electron chi connectivity index (χ1n) is 6.35. The van der Waals surface area contributed by atoms with Gasteiger partial charge in [0, 0.05) is 21.6 Å². The molecule has 2 aromatic heterocycles. The summed E-state index contributed by atoms with van der Waals surface area (Å²) < 4.78 is 5.59. The number of hydrogen-bond acceptors (Lipinski definition) is 3. The summed E-state index contributed by atoms with van der Waals surface area (Å²) in [5.41, 5.74) is 0.770. The Morgan fingerprint density at radius 1 is 1.16 bits per heavy atom. The molecule has 0 aliphatic carbocycles. The van der Waals surface area contributed by atoms with Gasteiger partial charge in [0.05, 0.1) is 0 Å². The molecule has 1 aromatic carbocycles. The minimum Gasteiger partial charge on any atom is -0.453 e. The number of carbonyl (C=O) groups excluding carboxylic acids is 1. The first-order valence-corrected chi connectivity index (χ1v) is 7.17. The van der Waals surface area contributed by atoms with Crippen molar-refractivity contribution >= 4 is 28.1 Å². The second-order valence-electron chi connectivity index (χ2n) is 4.47. The van der Waals surface area contributed by atoms with Gasteiger partial charge in [0.15, 0.2) is 5.76 Å². The van der Waals surface area contributed by atoms with Crippen LogP contribution in [0.5, 0.6) is 0 Å². The molecule has 0 spiro atoms. The van der Waals surface area contributed by atoms with Crippen LogP contribution in [0.25, 0.3) is 11.0 Å². The third-order valence-electron chi connectivity index (χ3n) is 3.10. The van der Waals surface area contributed by atoms with Gasteiger partial charge in [-0.3, -0.25) is 4.79 Å². The number of aryl methyl sites for hydroxylation is 1. The standard InChI is InChI=1S/C16H14O2S/c1-2-12-7-8-13(19-12)10-14(17)16-9-11-5-3-4-6-15(11)18-16/h3-9H,2,10H2,1H3. The summed E-state index contributed by atoms with van der Waals surface area (Å²) >= 11 is 1.70. The Kier molecular flexibility index (Phi) is 3.22. The molecule has 0 saturated heterocycles. The molecule has 0 unspecified atom stereocenters. The lowest BCUT2D eigenvalue weighted by molar-refractivity contribution is 0.0969. The van der Waals surface area contributed by atoms with E-state index >= 15 is 0 Å². The van der Waals surface area contributed by atoms with Crippen LogP contribution < -0.4 is 0 Å². The molecule has 19 heavy (non-hydrogen) atoms. The Balaban J connectivity index is 1.83. The molecule has 0 atom stereocenters. The van der Waals surface area contributed by atoms with Crippen molar-refractivity contribution in [3.63, 3.8) is 0 Å². The molecule has 0 radical (unpaired) electrons. The van der Waals surface area contributed by atoms with Crippen molar-refractivity contribution in [3.05, 3.63) is 58.0 Å². The van der Waals surface area contributed by atoms with Crippen molar-refractivity contribution < 1.29 is 9.21 Å². The molecule has 0 aliphatic heterocycles. The number of para-hydroxylation sites is 1. The van der Waals surface area contributed by atoms with Gasteiger partial charge < -0.3 is 4.42 Å². The topological polar surface area (TPSA) is 30.2 Å². The van der Waals surface area contributed by atoms with Crippen molar-refractivity contribution in [2.75, 3.05) is 0 Å². The highest BCUT2D eigenvalue weighted by Crippen LogP contribution is 2.22. The van der Waals surface area contributed by atoms with E-state index in [1.54, 1.807) is 11.3 Å². The van der Waals surface area contributed by atoms with Crippen LogP contribution >= 0.6 is 11.3 Å². The Labute approximate surface area is 115 Å². The molecule has 0 fully saturated rings. The van der Waals surface area contributed by atoms with E-state index in [1.165, 1.54) is 4.88 Å². The van der Waals surface area contributed by atoms with Gasteiger partial charge in [-0.25, -0.2) is 0 Å². The van der Waals surface area contributed by atoms with Gasteiger partial charge in [-0.05, 0) is 30.7 Å². The summed E-state index contributed by atoms with van der Waals surface area (Å²) in [6.07, 6.45) is 1.44. The molecule has 0 aliphatic rings. The molecule has 0 amide bonds. The van der Waals surface area contributed by atoms with Crippen LogP contribution in [0.4, 0.5) is 0 Å². The van der Waals surface area contributed by atoms with Gasteiger partial charge in [0.1, 0.15) is 5.58 Å². The van der Waals surface area contributed by atoms with Crippen LogP contribution in [-0.4, -0.2) is 5.78 Å². The van der Waals surface area contributed by atoms with Gasteiger partial charge in [-0.15, -0.1) is 11.3 Å². The van der Waals surface area contributed by atoms with Crippen molar-refractivity contribution in [1.29, 1.82) is 0 Å². The summed E-state index contributed by atoms with van der Waals surface area (Å²) in [5.74, 6) is 0.494. The average molecular weight is 270 g/mol. The van der Waals surface area contributed by atoms with Crippen LogP contribution in [0.1, 0.15) is 27.2 Å². The van der Waals surface area contributed by atoms with E-state index in [2.05, 4.69) is 13.0 Å². The fraction of sp³-hybridized carbons (Fsp3) is 0.188. The van der Waals surface area contributed by atoms with Crippen molar-refractivity contribution in [2.45, 2.75) is 19.8 Å². The SMILES string of the molecule is CCc1ccc(CC(=O)c2cc3ccccc3o2)s1. The molecular formula is C16H14O2S. The van der Waals surface area contributed by atoms with Crippen LogP contribution in [0.15, 0.2) is 46.9 Å². The third kappa shape index (κ3) is 2.47. The Morgan fingerprint density at radius 2 is 1.95 bits per heavy atom. The number of ketones is 1. The van der Waals surface area contributed by atoms with Crippen LogP contribution in [0.3, 0.4) is 0 Å². The monoisotopic (exact) mass is 270 g/mol. The smallest absolute Gasteiger partial charge is 0.203 e. The maximum atomic E-state index is 12.2. The molecule has 2 nitrogen and oxygen atoms in total. The first kappa shape index (κ1) is 12.2. The highest BCUT2D eigenvalue weighted by atomic mass is 32.1. The molecular weight excluding hydrogens is 256 g/mol. The minimum atomic E-state index is 0.0423. The van der Waals surface area contributed by atoms with Gasteiger partial charge >= 0.3 is 0 Å². The summed E-state index contributed by atoms with van der Waals surface area (Å²) in [6.45, 7) is 2.12. The largest absolute Gasteiger partial charge is 0.453 e. The fourth-order valence-electron chi connectivity index (χ4n) is 2.07. The predicted octanol–water partition coefficient (Wildman–Crippen LogP) is 4.48. The lowest BCUT2D eigenvalue weighted by atomic mass is 10.2. The average Bonchev–Trinajstić information content (AvgIpc) is 3.04. The molecule has 2 heterocycles. The van der Waals surface area contributed by atoms with Crippen LogP contribution in [0, 0.1) is 0 Å². The second-order valence-corrected chi connectivity index (χ2v) is 5.72. The molecule has 0 saturated carbocycles. The lowest BCUT2D eigenvalue weighted by Crippen LogP contribution is -1.99. The van der Waals surface area contributed by atoms with E-state index < -0.39 is 0 Å². The quantitative estimate of drug-likeness (QED) is 0.654. The van der Waals surface area contributed by atoms with E-state index in [0.717, 1.165) is 22.3 Å². The van der Waals surface area contributed by atoms with Crippen molar-refractivity contribution in [1.82, 2.24) is 0 Å². The minimum absolute atomic E-state index is 0.0423. The number of Topliss-reactive ketones (excluding diaryl/α,β-unsaturated/α-hetero) is 1. The van der Waals surface area contributed by atoms with E-state index in [4.69, 9.17) is 4.42 Å². The number of furan rings is 1. The van der Waals surface area contributed by atoms with Crippen molar-refractivity contribution in [3.8, 4) is 0 Å². The Hall–Kier alpha value is -1.87. The molecule has 0 N–H and O–H groups in total. The molecule has 3 heteroatoms. The van der Waals surface area contributed by atoms with Crippen LogP contribution in [-0.2, 0) is 12.8 Å². The number of fused-ring (bicyclic) bond motifs is 1. The second kappa shape index (κ2) is 5.02. The number of thiophene rings is 1. The van der Waals surface area contributed by atoms with Crippen LogP contribution in [0.2, 0.25) is 0 Å². The summed E-state index contributed by atoms with van der Waals surface area (Å²) in [5, 5.41) is 0.978. The highest BCUT2D eigenvalue weighted by Gasteiger charge is 2.13. The van der Waals surface area contributed by atoms with E-state index in [0.29, 0.717) is 12.2 Å².